The summed E-state index contributed by atoms with van der Waals surface area (Å²) in [4.78, 5) is 24.1. The first-order valence-corrected chi connectivity index (χ1v) is 10.6. The molecular weight excluding hydrogens is 342 g/mol. The van der Waals surface area contributed by atoms with Crippen molar-refractivity contribution in [1.29, 1.82) is 0 Å². The number of carbonyl (C=O) groups is 2. The summed E-state index contributed by atoms with van der Waals surface area (Å²) in [7, 11) is 0. The molecule has 1 unspecified atom stereocenters. The maximum atomic E-state index is 12.3. The first-order chi connectivity index (χ1) is 12.9. The van der Waals surface area contributed by atoms with Crippen LogP contribution < -0.4 is 5.32 Å². The van der Waals surface area contributed by atoms with Crippen molar-refractivity contribution in [2.75, 3.05) is 13.2 Å². The van der Waals surface area contributed by atoms with Gasteiger partial charge in [0.15, 0.2) is 0 Å². The standard InChI is InChI=1S/C22H41NO4/c1-6-7-8-9-10-11-12-13-14-15-26-21(24)20(16-18(2)3)23-22(25)27-17-19(4)5/h6,18-20H,1,7-17H2,2-5H3,(H,23,25). The molecule has 0 aromatic carbocycles. The highest BCUT2D eigenvalue weighted by atomic mass is 16.6. The normalized spacial score (nSPS) is 12.1. The van der Waals surface area contributed by atoms with Crippen LogP contribution >= 0.6 is 0 Å². The number of allylic oxidation sites excluding steroid dienone is 1. The van der Waals surface area contributed by atoms with E-state index in [4.69, 9.17) is 9.47 Å². The van der Waals surface area contributed by atoms with Crippen LogP contribution in [0.5, 0.6) is 0 Å². The van der Waals surface area contributed by atoms with Crippen LogP contribution in [-0.4, -0.2) is 31.3 Å². The van der Waals surface area contributed by atoms with Crippen LogP contribution in [0.2, 0.25) is 0 Å². The molecule has 0 aliphatic carbocycles. The quantitative estimate of drug-likeness (QED) is 0.213. The molecule has 0 bridgehead atoms. The molecule has 1 amide bonds. The average Bonchev–Trinajstić information content (AvgIpc) is 2.60. The first kappa shape index (κ1) is 25.5. The van der Waals surface area contributed by atoms with Crippen molar-refractivity contribution in [2.24, 2.45) is 11.8 Å². The van der Waals surface area contributed by atoms with Gasteiger partial charge in [-0.2, -0.15) is 0 Å². The number of amides is 1. The zero-order chi connectivity index (χ0) is 20.5. The fourth-order valence-corrected chi connectivity index (χ4v) is 2.66. The molecule has 0 saturated heterocycles. The minimum atomic E-state index is -0.644. The first-order valence-electron chi connectivity index (χ1n) is 10.6. The Morgan fingerprint density at radius 1 is 0.889 bits per heavy atom. The maximum absolute atomic E-state index is 12.3. The van der Waals surface area contributed by atoms with Gasteiger partial charge in [0.05, 0.1) is 13.2 Å². The topological polar surface area (TPSA) is 64.6 Å². The van der Waals surface area contributed by atoms with Gasteiger partial charge in [-0.1, -0.05) is 65.9 Å². The van der Waals surface area contributed by atoms with Gasteiger partial charge in [-0.15, -0.1) is 6.58 Å². The van der Waals surface area contributed by atoms with Gasteiger partial charge in [-0.05, 0) is 37.5 Å². The smallest absolute Gasteiger partial charge is 0.407 e. The average molecular weight is 384 g/mol. The molecular formula is C22H41NO4. The van der Waals surface area contributed by atoms with Crippen LogP contribution in [0.3, 0.4) is 0 Å². The van der Waals surface area contributed by atoms with E-state index in [-0.39, 0.29) is 17.8 Å². The summed E-state index contributed by atoms with van der Waals surface area (Å²) in [5.74, 6) is 0.164. The molecule has 0 saturated carbocycles. The van der Waals surface area contributed by atoms with Gasteiger partial charge in [0, 0.05) is 0 Å². The van der Waals surface area contributed by atoms with Gasteiger partial charge in [0.2, 0.25) is 0 Å². The van der Waals surface area contributed by atoms with Gasteiger partial charge in [0.1, 0.15) is 6.04 Å². The fraction of sp³-hybridized carbons (Fsp3) is 0.818. The molecule has 1 N–H and O–H groups in total. The van der Waals surface area contributed by atoms with E-state index in [0.29, 0.717) is 19.6 Å². The Kier molecular flexibility index (Phi) is 15.7. The van der Waals surface area contributed by atoms with Crippen LogP contribution in [-0.2, 0) is 14.3 Å². The Balaban J connectivity index is 3.98. The summed E-state index contributed by atoms with van der Waals surface area (Å²) >= 11 is 0. The molecule has 5 nitrogen and oxygen atoms in total. The molecule has 0 radical (unpaired) electrons. The summed E-state index contributed by atoms with van der Waals surface area (Å²) in [6.07, 6.45) is 11.1. The van der Waals surface area contributed by atoms with Crippen LogP contribution in [0.4, 0.5) is 4.79 Å². The minimum Gasteiger partial charge on any atom is -0.464 e. The Bertz CT molecular complexity index is 407. The second kappa shape index (κ2) is 16.6. The van der Waals surface area contributed by atoms with Crippen molar-refractivity contribution in [2.45, 2.75) is 91.5 Å². The number of unbranched alkanes of at least 4 members (excludes halogenated alkanes) is 7. The Morgan fingerprint density at radius 3 is 2.04 bits per heavy atom. The number of carbonyl (C=O) groups excluding carboxylic acids is 2. The molecule has 158 valence electrons. The predicted molar refractivity (Wildman–Crippen MR) is 111 cm³/mol. The Morgan fingerprint density at radius 2 is 1.48 bits per heavy atom. The molecule has 0 aliphatic rings. The zero-order valence-electron chi connectivity index (χ0n) is 17.9. The Hall–Kier alpha value is -1.52. The van der Waals surface area contributed by atoms with Crippen LogP contribution in [0.1, 0.15) is 85.5 Å². The lowest BCUT2D eigenvalue weighted by atomic mass is 10.0. The SMILES string of the molecule is C=CCCCCCCCCCOC(=O)C(CC(C)C)NC(=O)OCC(C)C. The maximum Gasteiger partial charge on any atom is 0.407 e. The molecule has 0 heterocycles. The number of ether oxygens (including phenoxy) is 2. The molecule has 0 aromatic rings. The number of hydrogen-bond donors (Lipinski definition) is 1. The summed E-state index contributed by atoms with van der Waals surface area (Å²) in [6, 6.07) is -0.644. The number of alkyl carbamates (subject to hydrolysis) is 1. The van der Waals surface area contributed by atoms with E-state index in [9.17, 15) is 9.59 Å². The fourth-order valence-electron chi connectivity index (χ4n) is 2.66. The van der Waals surface area contributed by atoms with Crippen molar-refractivity contribution in [1.82, 2.24) is 5.32 Å². The van der Waals surface area contributed by atoms with E-state index < -0.39 is 12.1 Å². The highest BCUT2D eigenvalue weighted by Crippen LogP contribution is 2.10. The monoisotopic (exact) mass is 383 g/mol. The van der Waals surface area contributed by atoms with Gasteiger partial charge >= 0.3 is 12.1 Å². The van der Waals surface area contributed by atoms with E-state index in [0.717, 1.165) is 19.3 Å². The van der Waals surface area contributed by atoms with E-state index in [1.54, 1.807) is 0 Å². The largest absolute Gasteiger partial charge is 0.464 e. The number of hydrogen-bond acceptors (Lipinski definition) is 4. The number of nitrogens with one attached hydrogen (secondary N) is 1. The summed E-state index contributed by atoms with van der Waals surface area (Å²) in [6.45, 7) is 12.4. The molecule has 0 aromatic heterocycles. The van der Waals surface area contributed by atoms with Crippen LogP contribution in [0.25, 0.3) is 0 Å². The van der Waals surface area contributed by atoms with E-state index in [2.05, 4.69) is 11.9 Å². The van der Waals surface area contributed by atoms with Crippen molar-refractivity contribution in [3.05, 3.63) is 12.7 Å². The van der Waals surface area contributed by atoms with Gasteiger partial charge in [0.25, 0.3) is 0 Å². The third-order valence-corrected chi connectivity index (χ3v) is 4.13. The van der Waals surface area contributed by atoms with Gasteiger partial charge in [-0.3, -0.25) is 0 Å². The third-order valence-electron chi connectivity index (χ3n) is 4.13. The lowest BCUT2D eigenvalue weighted by Gasteiger charge is -2.19. The number of rotatable bonds is 16. The molecule has 1 atom stereocenters. The molecule has 0 fully saturated rings. The van der Waals surface area contributed by atoms with Gasteiger partial charge < -0.3 is 14.8 Å². The molecule has 27 heavy (non-hydrogen) atoms. The van der Waals surface area contributed by atoms with Gasteiger partial charge in [-0.25, -0.2) is 9.59 Å². The molecule has 0 spiro atoms. The predicted octanol–water partition coefficient (Wildman–Crippen LogP) is 5.63. The van der Waals surface area contributed by atoms with Crippen LogP contribution in [0.15, 0.2) is 12.7 Å². The van der Waals surface area contributed by atoms with E-state index in [1.807, 2.05) is 33.8 Å². The molecule has 5 heteroatoms. The van der Waals surface area contributed by atoms with Crippen molar-refractivity contribution in [3.8, 4) is 0 Å². The van der Waals surface area contributed by atoms with Crippen molar-refractivity contribution in [3.63, 3.8) is 0 Å². The number of esters is 1. The molecule has 0 aliphatic heterocycles. The summed E-state index contributed by atoms with van der Waals surface area (Å²) < 4.78 is 10.5. The zero-order valence-corrected chi connectivity index (χ0v) is 17.9. The third kappa shape index (κ3) is 16.4. The lowest BCUT2D eigenvalue weighted by Crippen LogP contribution is -2.43. The van der Waals surface area contributed by atoms with E-state index >= 15 is 0 Å². The minimum absolute atomic E-state index is 0.258. The second-order valence-corrected chi connectivity index (χ2v) is 8.04. The highest BCUT2D eigenvalue weighted by molar-refractivity contribution is 5.81. The summed E-state index contributed by atoms with van der Waals surface area (Å²) in [5.41, 5.74) is 0. The second-order valence-electron chi connectivity index (χ2n) is 8.04. The Labute approximate surface area is 166 Å². The van der Waals surface area contributed by atoms with Crippen molar-refractivity contribution >= 4 is 12.1 Å². The highest BCUT2D eigenvalue weighted by Gasteiger charge is 2.24. The lowest BCUT2D eigenvalue weighted by molar-refractivity contribution is -0.146. The summed E-state index contributed by atoms with van der Waals surface area (Å²) in [5, 5.41) is 2.65. The molecule has 0 rings (SSSR count). The van der Waals surface area contributed by atoms with Crippen molar-refractivity contribution < 1.29 is 19.1 Å². The van der Waals surface area contributed by atoms with Crippen LogP contribution in [0, 0.1) is 11.8 Å². The van der Waals surface area contributed by atoms with E-state index in [1.165, 1.54) is 32.1 Å².